The van der Waals surface area contributed by atoms with Crippen LogP contribution in [-0.2, 0) is 11.3 Å². The first kappa shape index (κ1) is 16.2. The van der Waals surface area contributed by atoms with Crippen LogP contribution in [0, 0.1) is 0 Å². The van der Waals surface area contributed by atoms with E-state index in [-0.39, 0.29) is 12.6 Å². The first-order chi connectivity index (χ1) is 11.1. The van der Waals surface area contributed by atoms with E-state index >= 15 is 0 Å². The van der Waals surface area contributed by atoms with Crippen molar-refractivity contribution in [3.05, 3.63) is 47.5 Å². The normalized spacial score (nSPS) is 21.9. The molecule has 3 rings (SSSR count). The number of hydrogen-bond acceptors (Lipinski definition) is 4. The van der Waals surface area contributed by atoms with Crippen molar-refractivity contribution in [3.8, 4) is 0 Å². The van der Waals surface area contributed by atoms with Crippen LogP contribution in [0.2, 0.25) is 0 Å². The average molecular weight is 314 g/mol. The molecule has 0 spiro atoms. The maximum Gasteiger partial charge on any atom is 0.338 e. The molecule has 0 bridgehead atoms. The largest absolute Gasteiger partial charge is 0.458 e. The van der Waals surface area contributed by atoms with Crippen molar-refractivity contribution in [2.45, 2.75) is 38.9 Å². The summed E-state index contributed by atoms with van der Waals surface area (Å²) in [5, 5.41) is 0. The molecule has 0 aliphatic carbocycles. The second-order valence-electron chi connectivity index (χ2n) is 6.71. The van der Waals surface area contributed by atoms with Crippen LogP contribution in [0.25, 0.3) is 0 Å². The van der Waals surface area contributed by atoms with Crippen LogP contribution in [0.3, 0.4) is 0 Å². The van der Waals surface area contributed by atoms with Crippen LogP contribution in [0.1, 0.15) is 42.1 Å². The molecule has 1 aromatic rings. The molecule has 0 aromatic heterocycles. The van der Waals surface area contributed by atoms with Gasteiger partial charge in [-0.15, -0.1) is 0 Å². The fourth-order valence-electron chi connectivity index (χ4n) is 3.55. The molecule has 1 aromatic carbocycles. The first-order valence-corrected chi connectivity index (χ1v) is 8.52. The fourth-order valence-corrected chi connectivity index (χ4v) is 3.55. The van der Waals surface area contributed by atoms with Crippen LogP contribution in [0.4, 0.5) is 0 Å². The molecule has 23 heavy (non-hydrogen) atoms. The molecule has 1 unspecified atom stereocenters. The van der Waals surface area contributed by atoms with Crippen molar-refractivity contribution in [1.29, 1.82) is 0 Å². The zero-order valence-corrected chi connectivity index (χ0v) is 14.0. The summed E-state index contributed by atoms with van der Waals surface area (Å²) < 4.78 is 5.18. The summed E-state index contributed by atoms with van der Waals surface area (Å²) in [5.41, 5.74) is 2.72. The summed E-state index contributed by atoms with van der Waals surface area (Å²) in [6.45, 7) is 10.5. The Kier molecular flexibility index (Phi) is 5.13. The fraction of sp³-hybridized carbons (Fsp3) is 0.526. The number of hydrogen-bond donors (Lipinski definition) is 0. The highest BCUT2D eigenvalue weighted by Gasteiger charge is 2.32. The molecule has 2 fully saturated rings. The SMILES string of the molecule is C=C(C)COC(=O)c1ccc(CN2CCCN3CCCC32)cc1. The van der Waals surface area contributed by atoms with Gasteiger partial charge in [0.15, 0.2) is 0 Å². The second-order valence-corrected chi connectivity index (χ2v) is 6.71. The summed E-state index contributed by atoms with van der Waals surface area (Å²) in [5.74, 6) is -0.278. The zero-order chi connectivity index (χ0) is 16.2. The molecule has 0 saturated carbocycles. The molecular formula is C19H26N2O2. The van der Waals surface area contributed by atoms with E-state index in [9.17, 15) is 4.79 Å². The number of esters is 1. The Morgan fingerprint density at radius 3 is 2.70 bits per heavy atom. The smallest absolute Gasteiger partial charge is 0.338 e. The van der Waals surface area contributed by atoms with E-state index in [2.05, 4.69) is 16.4 Å². The number of nitrogens with zero attached hydrogens (tertiary/aromatic N) is 2. The minimum absolute atomic E-state index is 0.278. The maximum absolute atomic E-state index is 11.9. The number of fused-ring (bicyclic) bond motifs is 1. The number of ether oxygens (including phenoxy) is 1. The minimum Gasteiger partial charge on any atom is -0.458 e. The highest BCUT2D eigenvalue weighted by atomic mass is 16.5. The molecule has 4 nitrogen and oxygen atoms in total. The van der Waals surface area contributed by atoms with E-state index in [1.807, 2.05) is 31.2 Å². The highest BCUT2D eigenvalue weighted by molar-refractivity contribution is 5.89. The van der Waals surface area contributed by atoms with Gasteiger partial charge in [-0.1, -0.05) is 18.7 Å². The summed E-state index contributed by atoms with van der Waals surface area (Å²) in [7, 11) is 0. The molecule has 0 amide bonds. The van der Waals surface area contributed by atoms with Crippen molar-refractivity contribution in [1.82, 2.24) is 9.80 Å². The van der Waals surface area contributed by atoms with E-state index in [0.717, 1.165) is 12.1 Å². The van der Waals surface area contributed by atoms with Crippen LogP contribution < -0.4 is 0 Å². The van der Waals surface area contributed by atoms with E-state index in [1.54, 1.807) is 0 Å². The third-order valence-electron chi connectivity index (χ3n) is 4.67. The third-order valence-corrected chi connectivity index (χ3v) is 4.67. The minimum atomic E-state index is -0.278. The standard InChI is InChI=1S/C19H26N2O2/c1-15(2)14-23-19(22)17-8-6-16(7-9-17)13-21-12-4-11-20-10-3-5-18(20)21/h6-9,18H,1,3-5,10-14H2,2H3. The van der Waals surface area contributed by atoms with Gasteiger partial charge in [0.25, 0.3) is 0 Å². The zero-order valence-electron chi connectivity index (χ0n) is 14.0. The predicted octanol–water partition coefficient (Wildman–Crippen LogP) is 3.05. The third kappa shape index (κ3) is 4.01. The quantitative estimate of drug-likeness (QED) is 0.618. The lowest BCUT2D eigenvalue weighted by Crippen LogP contribution is -2.49. The van der Waals surface area contributed by atoms with Gasteiger partial charge in [-0.05, 0) is 56.0 Å². The molecule has 0 radical (unpaired) electrons. The molecule has 124 valence electrons. The molecule has 0 N–H and O–H groups in total. The van der Waals surface area contributed by atoms with Gasteiger partial charge in [0.1, 0.15) is 6.61 Å². The van der Waals surface area contributed by atoms with Crippen LogP contribution in [0.5, 0.6) is 0 Å². The van der Waals surface area contributed by atoms with E-state index in [1.165, 1.54) is 44.5 Å². The number of rotatable bonds is 5. The van der Waals surface area contributed by atoms with E-state index in [4.69, 9.17) is 4.74 Å². The summed E-state index contributed by atoms with van der Waals surface area (Å²) in [6.07, 6.45) is 4.46. The lowest BCUT2D eigenvalue weighted by Gasteiger charge is -2.40. The molecule has 2 saturated heterocycles. The molecule has 4 heteroatoms. The van der Waals surface area contributed by atoms with E-state index in [0.29, 0.717) is 11.7 Å². The van der Waals surface area contributed by atoms with Crippen molar-refractivity contribution in [2.24, 2.45) is 0 Å². The average Bonchev–Trinajstić information content (AvgIpc) is 3.03. The topological polar surface area (TPSA) is 32.8 Å². The Labute approximate surface area is 138 Å². The number of carbonyl (C=O) groups is 1. The Morgan fingerprint density at radius 2 is 1.96 bits per heavy atom. The lowest BCUT2D eigenvalue weighted by atomic mass is 10.1. The Hall–Kier alpha value is -1.65. The molecule has 2 aliphatic heterocycles. The number of benzene rings is 1. The number of carbonyl (C=O) groups excluding carboxylic acids is 1. The lowest BCUT2D eigenvalue weighted by molar-refractivity contribution is 0.0286. The van der Waals surface area contributed by atoms with Gasteiger partial charge in [0.05, 0.1) is 11.7 Å². The van der Waals surface area contributed by atoms with Gasteiger partial charge in [-0.2, -0.15) is 0 Å². The Balaban J connectivity index is 1.59. The molecule has 2 aliphatic rings. The Bertz CT molecular complexity index is 567. The van der Waals surface area contributed by atoms with Crippen molar-refractivity contribution in [2.75, 3.05) is 26.2 Å². The first-order valence-electron chi connectivity index (χ1n) is 8.52. The summed E-state index contributed by atoms with van der Waals surface area (Å²) in [4.78, 5) is 17.1. The summed E-state index contributed by atoms with van der Waals surface area (Å²) >= 11 is 0. The predicted molar refractivity (Wildman–Crippen MR) is 91.2 cm³/mol. The highest BCUT2D eigenvalue weighted by Crippen LogP contribution is 2.26. The molecule has 1 atom stereocenters. The maximum atomic E-state index is 11.9. The van der Waals surface area contributed by atoms with Crippen molar-refractivity contribution < 1.29 is 9.53 Å². The molecule has 2 heterocycles. The monoisotopic (exact) mass is 314 g/mol. The van der Waals surface area contributed by atoms with Gasteiger partial charge in [0, 0.05) is 19.6 Å². The Morgan fingerprint density at radius 1 is 1.22 bits per heavy atom. The van der Waals surface area contributed by atoms with Gasteiger partial charge in [0.2, 0.25) is 0 Å². The summed E-state index contributed by atoms with van der Waals surface area (Å²) in [6, 6.07) is 7.83. The van der Waals surface area contributed by atoms with Gasteiger partial charge < -0.3 is 4.74 Å². The van der Waals surface area contributed by atoms with E-state index < -0.39 is 0 Å². The van der Waals surface area contributed by atoms with Crippen LogP contribution in [0.15, 0.2) is 36.4 Å². The van der Waals surface area contributed by atoms with Gasteiger partial charge in [-0.25, -0.2) is 4.79 Å². The van der Waals surface area contributed by atoms with Crippen molar-refractivity contribution >= 4 is 5.97 Å². The van der Waals surface area contributed by atoms with Crippen molar-refractivity contribution in [3.63, 3.8) is 0 Å². The van der Waals surface area contributed by atoms with Gasteiger partial charge in [-0.3, -0.25) is 9.80 Å². The van der Waals surface area contributed by atoms with Crippen LogP contribution >= 0.6 is 0 Å². The van der Waals surface area contributed by atoms with Crippen LogP contribution in [-0.4, -0.2) is 48.2 Å². The molecular weight excluding hydrogens is 288 g/mol. The van der Waals surface area contributed by atoms with Gasteiger partial charge >= 0.3 is 5.97 Å². The second kappa shape index (κ2) is 7.28.